The third-order valence-electron chi connectivity index (χ3n) is 3.34. The van der Waals surface area contributed by atoms with E-state index in [1.54, 1.807) is 6.20 Å². The SMILES string of the molecule is CCNC(Cc1ncc[nH]1)c1ccc(C)c(C)c1. The molecular formula is C15H21N3. The summed E-state index contributed by atoms with van der Waals surface area (Å²) in [6.45, 7) is 7.40. The van der Waals surface area contributed by atoms with E-state index in [9.17, 15) is 0 Å². The van der Waals surface area contributed by atoms with Crippen LogP contribution >= 0.6 is 0 Å². The van der Waals surface area contributed by atoms with Crippen molar-refractivity contribution in [2.24, 2.45) is 0 Å². The number of hydrogen-bond donors (Lipinski definition) is 2. The summed E-state index contributed by atoms with van der Waals surface area (Å²) in [5.74, 6) is 1.03. The Morgan fingerprint density at radius 1 is 1.28 bits per heavy atom. The molecule has 2 rings (SSSR count). The van der Waals surface area contributed by atoms with Crippen molar-refractivity contribution >= 4 is 0 Å². The zero-order chi connectivity index (χ0) is 13.0. The lowest BCUT2D eigenvalue weighted by atomic mass is 9.99. The Morgan fingerprint density at radius 3 is 2.72 bits per heavy atom. The molecule has 96 valence electrons. The number of aryl methyl sites for hydroxylation is 2. The van der Waals surface area contributed by atoms with Gasteiger partial charge in [-0.2, -0.15) is 0 Å². The molecule has 2 N–H and O–H groups in total. The molecule has 0 saturated carbocycles. The van der Waals surface area contributed by atoms with Gasteiger partial charge in [-0.1, -0.05) is 25.1 Å². The molecule has 1 atom stereocenters. The highest BCUT2D eigenvalue weighted by Crippen LogP contribution is 2.19. The summed E-state index contributed by atoms with van der Waals surface area (Å²) in [5.41, 5.74) is 4.01. The molecule has 0 radical (unpaired) electrons. The Labute approximate surface area is 109 Å². The van der Waals surface area contributed by atoms with Crippen molar-refractivity contribution in [3.8, 4) is 0 Å². The van der Waals surface area contributed by atoms with Crippen LogP contribution in [0.25, 0.3) is 0 Å². The predicted octanol–water partition coefficient (Wildman–Crippen LogP) is 2.92. The van der Waals surface area contributed by atoms with Gasteiger partial charge in [0.2, 0.25) is 0 Å². The minimum Gasteiger partial charge on any atom is -0.349 e. The first kappa shape index (κ1) is 12.8. The van der Waals surface area contributed by atoms with Crippen LogP contribution in [-0.2, 0) is 6.42 Å². The molecule has 2 aromatic rings. The number of nitrogens with one attached hydrogen (secondary N) is 2. The predicted molar refractivity (Wildman–Crippen MR) is 74.6 cm³/mol. The van der Waals surface area contributed by atoms with E-state index in [0.29, 0.717) is 6.04 Å². The summed E-state index contributed by atoms with van der Waals surface area (Å²) in [6.07, 6.45) is 4.57. The van der Waals surface area contributed by atoms with Crippen LogP contribution in [0.3, 0.4) is 0 Å². The topological polar surface area (TPSA) is 40.7 Å². The number of aromatic nitrogens is 2. The van der Waals surface area contributed by atoms with Crippen LogP contribution < -0.4 is 5.32 Å². The van der Waals surface area contributed by atoms with E-state index in [-0.39, 0.29) is 0 Å². The highest BCUT2D eigenvalue weighted by molar-refractivity contribution is 5.32. The summed E-state index contributed by atoms with van der Waals surface area (Å²) in [6, 6.07) is 6.99. The molecule has 0 aliphatic rings. The van der Waals surface area contributed by atoms with E-state index >= 15 is 0 Å². The lowest BCUT2D eigenvalue weighted by Gasteiger charge is -2.18. The molecule has 3 heteroatoms. The standard InChI is InChI=1S/C15H21N3/c1-4-16-14(10-15-17-7-8-18-15)13-6-5-11(2)12(3)9-13/h5-9,14,16H,4,10H2,1-3H3,(H,17,18). The molecule has 0 aliphatic carbocycles. The summed E-state index contributed by atoms with van der Waals surface area (Å²) < 4.78 is 0. The average Bonchev–Trinajstić information content (AvgIpc) is 2.85. The molecule has 18 heavy (non-hydrogen) atoms. The van der Waals surface area contributed by atoms with Crippen molar-refractivity contribution in [1.82, 2.24) is 15.3 Å². The maximum absolute atomic E-state index is 4.31. The Morgan fingerprint density at radius 2 is 2.11 bits per heavy atom. The average molecular weight is 243 g/mol. The number of rotatable bonds is 5. The molecule has 1 aromatic carbocycles. The van der Waals surface area contributed by atoms with Gasteiger partial charge in [0.25, 0.3) is 0 Å². The van der Waals surface area contributed by atoms with Crippen molar-refractivity contribution in [3.63, 3.8) is 0 Å². The summed E-state index contributed by atoms with van der Waals surface area (Å²) >= 11 is 0. The van der Waals surface area contributed by atoms with Crippen molar-refractivity contribution in [2.45, 2.75) is 33.2 Å². The van der Waals surface area contributed by atoms with Crippen molar-refractivity contribution in [1.29, 1.82) is 0 Å². The van der Waals surface area contributed by atoms with Crippen LogP contribution in [0, 0.1) is 13.8 Å². The lowest BCUT2D eigenvalue weighted by molar-refractivity contribution is 0.539. The van der Waals surface area contributed by atoms with Gasteiger partial charge in [-0.3, -0.25) is 0 Å². The van der Waals surface area contributed by atoms with Gasteiger partial charge < -0.3 is 10.3 Å². The molecule has 0 fully saturated rings. The second kappa shape index (κ2) is 5.83. The first-order chi connectivity index (χ1) is 8.70. The van der Waals surface area contributed by atoms with Crippen molar-refractivity contribution in [2.75, 3.05) is 6.54 Å². The molecule has 1 unspecified atom stereocenters. The number of H-pyrrole nitrogens is 1. The van der Waals surface area contributed by atoms with Crippen LogP contribution in [0.4, 0.5) is 0 Å². The number of hydrogen-bond acceptors (Lipinski definition) is 2. The summed E-state index contributed by atoms with van der Waals surface area (Å²) in [5, 5.41) is 3.52. The fourth-order valence-corrected chi connectivity index (χ4v) is 2.14. The number of benzene rings is 1. The summed E-state index contributed by atoms with van der Waals surface area (Å²) in [7, 11) is 0. The monoisotopic (exact) mass is 243 g/mol. The third-order valence-corrected chi connectivity index (χ3v) is 3.34. The van der Waals surface area contributed by atoms with Gasteiger partial charge in [0.05, 0.1) is 0 Å². The largest absolute Gasteiger partial charge is 0.349 e. The van der Waals surface area contributed by atoms with Gasteiger partial charge >= 0.3 is 0 Å². The molecule has 0 spiro atoms. The van der Waals surface area contributed by atoms with Crippen LogP contribution in [-0.4, -0.2) is 16.5 Å². The molecular weight excluding hydrogens is 222 g/mol. The maximum Gasteiger partial charge on any atom is 0.107 e. The van der Waals surface area contributed by atoms with E-state index in [0.717, 1.165) is 18.8 Å². The second-order valence-corrected chi connectivity index (χ2v) is 4.69. The van der Waals surface area contributed by atoms with Crippen molar-refractivity contribution in [3.05, 3.63) is 53.1 Å². The minimum atomic E-state index is 0.320. The third kappa shape index (κ3) is 2.99. The molecule has 0 bridgehead atoms. The van der Waals surface area contributed by atoms with Crippen molar-refractivity contribution < 1.29 is 0 Å². The Hall–Kier alpha value is -1.61. The maximum atomic E-state index is 4.31. The van der Waals surface area contributed by atoms with Gasteiger partial charge in [-0.15, -0.1) is 0 Å². The van der Waals surface area contributed by atoms with Gasteiger partial charge in [0, 0.05) is 24.9 Å². The van der Waals surface area contributed by atoms with Crippen LogP contribution in [0.5, 0.6) is 0 Å². The molecule has 0 aliphatic heterocycles. The Kier molecular flexibility index (Phi) is 4.15. The number of nitrogens with zero attached hydrogens (tertiary/aromatic N) is 1. The first-order valence-electron chi connectivity index (χ1n) is 6.49. The normalized spacial score (nSPS) is 12.6. The second-order valence-electron chi connectivity index (χ2n) is 4.69. The van der Waals surface area contributed by atoms with Gasteiger partial charge in [0.1, 0.15) is 5.82 Å². The molecule has 3 nitrogen and oxygen atoms in total. The minimum absolute atomic E-state index is 0.320. The smallest absolute Gasteiger partial charge is 0.107 e. The lowest BCUT2D eigenvalue weighted by Crippen LogP contribution is -2.23. The van der Waals surface area contributed by atoms with E-state index in [1.807, 2.05) is 6.20 Å². The number of likely N-dealkylation sites (N-methyl/N-ethyl adjacent to an activating group) is 1. The van der Waals surface area contributed by atoms with E-state index in [4.69, 9.17) is 0 Å². The van der Waals surface area contributed by atoms with E-state index in [2.05, 4.69) is 54.3 Å². The molecule has 0 saturated heterocycles. The van der Waals surface area contributed by atoms with Crippen LogP contribution in [0.15, 0.2) is 30.6 Å². The molecule has 0 amide bonds. The molecule has 1 aromatic heterocycles. The van der Waals surface area contributed by atoms with E-state index < -0.39 is 0 Å². The van der Waals surface area contributed by atoms with Gasteiger partial charge in [-0.05, 0) is 37.1 Å². The Bertz CT molecular complexity index is 488. The van der Waals surface area contributed by atoms with Crippen LogP contribution in [0.1, 0.15) is 35.5 Å². The van der Waals surface area contributed by atoms with Crippen LogP contribution in [0.2, 0.25) is 0 Å². The number of aromatic amines is 1. The Balaban J connectivity index is 2.20. The number of imidazole rings is 1. The zero-order valence-corrected chi connectivity index (χ0v) is 11.3. The fraction of sp³-hybridized carbons (Fsp3) is 0.400. The van der Waals surface area contributed by atoms with Gasteiger partial charge in [-0.25, -0.2) is 4.98 Å². The molecule has 1 heterocycles. The fourth-order valence-electron chi connectivity index (χ4n) is 2.14. The zero-order valence-electron chi connectivity index (χ0n) is 11.3. The van der Waals surface area contributed by atoms with E-state index in [1.165, 1.54) is 16.7 Å². The quantitative estimate of drug-likeness (QED) is 0.847. The first-order valence-corrected chi connectivity index (χ1v) is 6.49. The summed E-state index contributed by atoms with van der Waals surface area (Å²) in [4.78, 5) is 7.48. The highest BCUT2D eigenvalue weighted by Gasteiger charge is 2.12. The van der Waals surface area contributed by atoms with Gasteiger partial charge in [0.15, 0.2) is 0 Å². The highest BCUT2D eigenvalue weighted by atomic mass is 14.9.